The van der Waals surface area contributed by atoms with E-state index in [-0.39, 0.29) is 18.4 Å². The summed E-state index contributed by atoms with van der Waals surface area (Å²) in [7, 11) is 0. The zero-order valence-corrected chi connectivity index (χ0v) is 18.2. The molecule has 0 saturated carbocycles. The fourth-order valence-electron chi connectivity index (χ4n) is 3.18. The third-order valence-corrected chi connectivity index (χ3v) is 6.11. The number of rotatable bonds is 7. The van der Waals surface area contributed by atoms with E-state index < -0.39 is 5.97 Å². The van der Waals surface area contributed by atoms with Crippen molar-refractivity contribution in [3.63, 3.8) is 0 Å². The molecule has 0 radical (unpaired) electrons. The lowest BCUT2D eigenvalue weighted by Gasteiger charge is -2.15. The monoisotopic (exact) mass is 457 g/mol. The van der Waals surface area contributed by atoms with Crippen LogP contribution in [0.25, 0.3) is 11.5 Å². The molecule has 1 aliphatic rings. The minimum absolute atomic E-state index is 0.0891. The number of halogens is 1. The maximum absolute atomic E-state index is 12.6. The van der Waals surface area contributed by atoms with Gasteiger partial charge in [-0.2, -0.15) is 0 Å². The number of carbonyl (C=O) groups is 2. The lowest BCUT2D eigenvalue weighted by Crippen LogP contribution is -2.29. The normalized spacial score (nSPS) is 13.4. The van der Waals surface area contributed by atoms with E-state index in [0.29, 0.717) is 27.1 Å². The number of benzene rings is 2. The molecule has 0 unspecified atom stereocenters. The van der Waals surface area contributed by atoms with Crippen molar-refractivity contribution in [3.8, 4) is 11.5 Å². The van der Waals surface area contributed by atoms with Crippen molar-refractivity contribution in [1.82, 2.24) is 15.1 Å². The van der Waals surface area contributed by atoms with Gasteiger partial charge >= 0.3 is 5.97 Å². The lowest BCUT2D eigenvalue weighted by atomic mass is 10.2. The number of nitrogens with zero attached hydrogens (tertiary/aromatic N) is 3. The summed E-state index contributed by atoms with van der Waals surface area (Å²) in [5.41, 5.74) is 1.12. The first kappa shape index (κ1) is 21.4. The molecule has 160 valence electrons. The van der Waals surface area contributed by atoms with Gasteiger partial charge in [0, 0.05) is 28.6 Å². The van der Waals surface area contributed by atoms with Gasteiger partial charge < -0.3 is 14.1 Å². The minimum atomic E-state index is -0.511. The highest BCUT2D eigenvalue weighted by molar-refractivity contribution is 8.00. The lowest BCUT2D eigenvalue weighted by molar-refractivity contribution is -0.127. The molecule has 1 aromatic heterocycles. The summed E-state index contributed by atoms with van der Waals surface area (Å²) in [5, 5.41) is 8.51. The molecule has 31 heavy (non-hydrogen) atoms. The Hall–Kier alpha value is -2.84. The average Bonchev–Trinajstić information content (AvgIpc) is 3.49. The van der Waals surface area contributed by atoms with Gasteiger partial charge in [-0.1, -0.05) is 23.7 Å². The van der Waals surface area contributed by atoms with Crippen molar-refractivity contribution < 1.29 is 18.7 Å². The van der Waals surface area contributed by atoms with Gasteiger partial charge in [0.2, 0.25) is 11.8 Å². The molecule has 1 fully saturated rings. The summed E-state index contributed by atoms with van der Waals surface area (Å²) in [6.45, 7) is 1.47. The topological polar surface area (TPSA) is 85.5 Å². The molecule has 0 atom stereocenters. The molecule has 0 aliphatic carbocycles. The summed E-state index contributed by atoms with van der Waals surface area (Å²) in [6, 6.07) is 14.1. The Kier molecular flexibility index (Phi) is 6.89. The first-order valence-corrected chi connectivity index (χ1v) is 11.2. The number of esters is 1. The predicted octanol–water partition coefficient (Wildman–Crippen LogP) is 4.46. The molecule has 2 aromatic carbocycles. The number of hydrogen-bond donors (Lipinski definition) is 0. The first-order chi connectivity index (χ1) is 15.1. The number of ether oxygens (including phenoxy) is 1. The first-order valence-electron chi connectivity index (χ1n) is 9.85. The highest BCUT2D eigenvalue weighted by atomic mass is 35.5. The van der Waals surface area contributed by atoms with Gasteiger partial charge in [-0.3, -0.25) is 4.79 Å². The van der Waals surface area contributed by atoms with E-state index in [4.69, 9.17) is 20.8 Å². The molecule has 9 heteroatoms. The van der Waals surface area contributed by atoms with Crippen LogP contribution in [0.4, 0.5) is 0 Å². The van der Waals surface area contributed by atoms with Crippen LogP contribution < -0.4 is 0 Å². The predicted molar refractivity (Wildman–Crippen MR) is 117 cm³/mol. The third-order valence-electron chi connectivity index (χ3n) is 4.80. The molecule has 0 N–H and O–H groups in total. The van der Waals surface area contributed by atoms with Gasteiger partial charge in [0.05, 0.1) is 11.3 Å². The number of amides is 1. The third kappa shape index (κ3) is 5.45. The van der Waals surface area contributed by atoms with E-state index in [9.17, 15) is 9.59 Å². The zero-order chi connectivity index (χ0) is 21.6. The van der Waals surface area contributed by atoms with E-state index in [1.807, 2.05) is 17.0 Å². The van der Waals surface area contributed by atoms with Crippen molar-refractivity contribution in [3.05, 3.63) is 65.0 Å². The number of aromatic nitrogens is 2. The molecule has 2 heterocycles. The Balaban J connectivity index is 1.35. The Morgan fingerprint density at radius 2 is 1.81 bits per heavy atom. The quantitative estimate of drug-likeness (QED) is 0.382. The summed E-state index contributed by atoms with van der Waals surface area (Å²) in [5.74, 6) is 0.374. The van der Waals surface area contributed by atoms with Crippen molar-refractivity contribution >= 4 is 35.2 Å². The van der Waals surface area contributed by atoms with Crippen LogP contribution in [0.1, 0.15) is 29.1 Å². The van der Waals surface area contributed by atoms with Gasteiger partial charge in [0.1, 0.15) is 0 Å². The standard InChI is InChI=1S/C22H20ClN3O4S/c23-16-9-7-15(8-10-16)21-25-24-19(30-21)13-29-22(28)17-5-1-2-6-18(17)31-14-20(27)26-11-3-4-12-26/h1-2,5-10H,3-4,11-14H2. The highest BCUT2D eigenvalue weighted by Gasteiger charge is 2.20. The van der Waals surface area contributed by atoms with Crippen LogP contribution in [0.3, 0.4) is 0 Å². The van der Waals surface area contributed by atoms with E-state index in [1.54, 1.807) is 36.4 Å². The number of likely N-dealkylation sites (tertiary alicyclic amines) is 1. The fraction of sp³-hybridized carbons (Fsp3) is 0.273. The van der Waals surface area contributed by atoms with Gasteiger partial charge in [0.25, 0.3) is 5.89 Å². The largest absolute Gasteiger partial charge is 0.452 e. The smallest absolute Gasteiger partial charge is 0.339 e. The van der Waals surface area contributed by atoms with Crippen LogP contribution in [-0.2, 0) is 16.1 Å². The van der Waals surface area contributed by atoms with Crippen LogP contribution in [0.15, 0.2) is 57.8 Å². The van der Waals surface area contributed by atoms with Gasteiger partial charge in [-0.25, -0.2) is 4.79 Å². The van der Waals surface area contributed by atoms with Crippen LogP contribution >= 0.6 is 23.4 Å². The van der Waals surface area contributed by atoms with E-state index in [1.165, 1.54) is 11.8 Å². The Bertz CT molecular complexity index is 1060. The number of thioether (sulfide) groups is 1. The molecular formula is C22H20ClN3O4S. The van der Waals surface area contributed by atoms with Crippen molar-refractivity contribution in [2.75, 3.05) is 18.8 Å². The van der Waals surface area contributed by atoms with Crippen LogP contribution in [0.2, 0.25) is 5.02 Å². The second-order valence-electron chi connectivity index (χ2n) is 6.96. The molecule has 1 saturated heterocycles. The summed E-state index contributed by atoms with van der Waals surface area (Å²) in [4.78, 5) is 27.5. The summed E-state index contributed by atoms with van der Waals surface area (Å²) in [6.07, 6.45) is 2.10. The second-order valence-corrected chi connectivity index (χ2v) is 8.41. The fourth-order valence-corrected chi connectivity index (χ4v) is 4.25. The highest BCUT2D eigenvalue weighted by Crippen LogP contribution is 2.25. The van der Waals surface area contributed by atoms with Crippen molar-refractivity contribution in [2.45, 2.75) is 24.3 Å². The number of hydrogen-bond acceptors (Lipinski definition) is 7. The van der Waals surface area contributed by atoms with Crippen LogP contribution in [0, 0.1) is 0 Å². The van der Waals surface area contributed by atoms with E-state index in [2.05, 4.69) is 10.2 Å². The van der Waals surface area contributed by atoms with Crippen molar-refractivity contribution in [1.29, 1.82) is 0 Å². The summed E-state index contributed by atoms with van der Waals surface area (Å²) >= 11 is 7.23. The summed E-state index contributed by atoms with van der Waals surface area (Å²) < 4.78 is 10.9. The second kappa shape index (κ2) is 9.98. The van der Waals surface area contributed by atoms with Crippen LogP contribution in [-0.4, -0.2) is 45.8 Å². The zero-order valence-electron chi connectivity index (χ0n) is 16.6. The van der Waals surface area contributed by atoms with Gasteiger partial charge in [-0.15, -0.1) is 22.0 Å². The van der Waals surface area contributed by atoms with Gasteiger partial charge in [0.15, 0.2) is 6.61 Å². The van der Waals surface area contributed by atoms with E-state index in [0.717, 1.165) is 31.5 Å². The molecule has 0 bridgehead atoms. The molecule has 1 amide bonds. The average molecular weight is 458 g/mol. The Morgan fingerprint density at radius 1 is 1.06 bits per heavy atom. The molecular weight excluding hydrogens is 438 g/mol. The number of carbonyl (C=O) groups excluding carboxylic acids is 2. The maximum Gasteiger partial charge on any atom is 0.339 e. The molecule has 7 nitrogen and oxygen atoms in total. The maximum atomic E-state index is 12.6. The molecule has 1 aliphatic heterocycles. The Morgan fingerprint density at radius 3 is 2.58 bits per heavy atom. The molecule has 3 aromatic rings. The van der Waals surface area contributed by atoms with Crippen molar-refractivity contribution in [2.24, 2.45) is 0 Å². The van der Waals surface area contributed by atoms with E-state index >= 15 is 0 Å². The minimum Gasteiger partial charge on any atom is -0.452 e. The Labute approximate surface area is 188 Å². The molecule has 4 rings (SSSR count). The molecule has 0 spiro atoms. The van der Waals surface area contributed by atoms with Gasteiger partial charge in [-0.05, 0) is 49.2 Å². The SMILES string of the molecule is O=C(OCc1nnc(-c2ccc(Cl)cc2)o1)c1ccccc1SCC(=O)N1CCCC1. The van der Waals surface area contributed by atoms with Crippen LogP contribution in [0.5, 0.6) is 0 Å².